The van der Waals surface area contributed by atoms with Crippen molar-refractivity contribution in [3.05, 3.63) is 53.3 Å². The fourth-order valence-corrected chi connectivity index (χ4v) is 3.22. The van der Waals surface area contributed by atoms with Crippen LogP contribution in [0.25, 0.3) is 5.69 Å². The number of rotatable bonds is 3. The molecule has 3 rings (SSSR count). The molecule has 0 bridgehead atoms. The number of piperidine rings is 1. The van der Waals surface area contributed by atoms with E-state index in [2.05, 4.69) is 47.8 Å². The molecular formula is C20H25N3O2. The van der Waals surface area contributed by atoms with Crippen molar-refractivity contribution in [2.75, 3.05) is 13.1 Å². The molecule has 132 valence electrons. The van der Waals surface area contributed by atoms with E-state index in [0.29, 0.717) is 5.71 Å². The van der Waals surface area contributed by atoms with E-state index >= 15 is 0 Å². The van der Waals surface area contributed by atoms with Gasteiger partial charge in [-0.3, -0.25) is 4.84 Å². The summed E-state index contributed by atoms with van der Waals surface area (Å²) < 4.78 is 2.20. The van der Waals surface area contributed by atoms with E-state index < -0.39 is 0 Å². The fraction of sp³-hybridized carbons (Fsp3) is 0.400. The number of amides is 1. The molecule has 5 heteroatoms. The summed E-state index contributed by atoms with van der Waals surface area (Å²) in [5, 5.41) is 4.02. The average Bonchev–Trinajstić information content (AvgIpc) is 2.98. The maximum Gasteiger partial charge on any atom is 0.435 e. The van der Waals surface area contributed by atoms with Crippen molar-refractivity contribution in [3.8, 4) is 5.69 Å². The van der Waals surface area contributed by atoms with Crippen molar-refractivity contribution in [3.63, 3.8) is 0 Å². The first-order valence-electron chi connectivity index (χ1n) is 8.82. The minimum atomic E-state index is -0.353. The Hall–Kier alpha value is -2.56. The van der Waals surface area contributed by atoms with Gasteiger partial charge in [0.15, 0.2) is 0 Å². The van der Waals surface area contributed by atoms with Crippen LogP contribution in [0.2, 0.25) is 0 Å². The Labute approximate surface area is 148 Å². The van der Waals surface area contributed by atoms with Crippen molar-refractivity contribution in [1.82, 2.24) is 9.47 Å². The lowest BCUT2D eigenvalue weighted by molar-refractivity contribution is 0.0981. The summed E-state index contributed by atoms with van der Waals surface area (Å²) in [7, 11) is 0. The molecule has 1 aliphatic rings. The second-order valence-corrected chi connectivity index (χ2v) is 6.58. The van der Waals surface area contributed by atoms with E-state index in [0.717, 1.165) is 37.2 Å². The summed E-state index contributed by atoms with van der Waals surface area (Å²) >= 11 is 0. The van der Waals surface area contributed by atoms with E-state index in [-0.39, 0.29) is 6.09 Å². The molecule has 2 aromatic rings. The van der Waals surface area contributed by atoms with Gasteiger partial charge in [0, 0.05) is 30.2 Å². The third kappa shape index (κ3) is 3.92. The van der Waals surface area contributed by atoms with E-state index in [1.807, 2.05) is 19.1 Å². The summed E-state index contributed by atoms with van der Waals surface area (Å²) in [6.07, 6.45) is 2.91. The third-order valence-corrected chi connectivity index (χ3v) is 4.69. The first-order valence-corrected chi connectivity index (χ1v) is 8.82. The Kier molecular flexibility index (Phi) is 5.22. The fourth-order valence-electron chi connectivity index (χ4n) is 3.22. The van der Waals surface area contributed by atoms with E-state index in [9.17, 15) is 4.79 Å². The Morgan fingerprint density at radius 1 is 0.960 bits per heavy atom. The van der Waals surface area contributed by atoms with Crippen molar-refractivity contribution in [2.24, 2.45) is 5.16 Å². The summed E-state index contributed by atoms with van der Waals surface area (Å²) in [5.41, 5.74) is 5.15. The highest BCUT2D eigenvalue weighted by atomic mass is 16.7. The zero-order valence-corrected chi connectivity index (χ0v) is 15.2. The number of carbonyl (C=O) groups excluding carboxylic acids is 1. The second kappa shape index (κ2) is 7.55. The molecule has 1 aromatic carbocycles. The maximum absolute atomic E-state index is 12.0. The molecule has 0 N–H and O–H groups in total. The quantitative estimate of drug-likeness (QED) is 0.471. The molecule has 0 unspecified atom stereocenters. The summed E-state index contributed by atoms with van der Waals surface area (Å²) in [6, 6.07) is 12.3. The zero-order valence-electron chi connectivity index (χ0n) is 15.2. The monoisotopic (exact) mass is 339 g/mol. The number of benzene rings is 1. The normalized spacial score (nSPS) is 15.3. The smallest absolute Gasteiger partial charge is 0.319 e. The van der Waals surface area contributed by atoms with Crippen molar-refractivity contribution >= 4 is 11.8 Å². The Balaban J connectivity index is 1.68. The topological polar surface area (TPSA) is 46.8 Å². The molecule has 1 amide bonds. The van der Waals surface area contributed by atoms with Gasteiger partial charge in [-0.05, 0) is 69.9 Å². The molecule has 0 saturated carbocycles. The van der Waals surface area contributed by atoms with Crippen molar-refractivity contribution in [1.29, 1.82) is 0 Å². The molecule has 1 aromatic heterocycles. The summed E-state index contributed by atoms with van der Waals surface area (Å²) in [6.45, 7) is 7.56. The van der Waals surface area contributed by atoms with Crippen LogP contribution in [0.5, 0.6) is 0 Å². The predicted molar refractivity (Wildman–Crippen MR) is 99.4 cm³/mol. The van der Waals surface area contributed by atoms with Gasteiger partial charge in [0.25, 0.3) is 0 Å². The van der Waals surface area contributed by atoms with Crippen molar-refractivity contribution < 1.29 is 9.63 Å². The van der Waals surface area contributed by atoms with Gasteiger partial charge in [-0.15, -0.1) is 0 Å². The van der Waals surface area contributed by atoms with E-state index in [1.165, 1.54) is 17.8 Å². The maximum atomic E-state index is 12.0. The first-order chi connectivity index (χ1) is 12.1. The lowest BCUT2D eigenvalue weighted by atomic mass is 10.1. The number of likely N-dealkylation sites (tertiary alicyclic amines) is 1. The number of hydrogen-bond donors (Lipinski definition) is 0. The Bertz CT molecular complexity index is 749. The van der Waals surface area contributed by atoms with Gasteiger partial charge < -0.3 is 9.47 Å². The van der Waals surface area contributed by atoms with Crippen LogP contribution in [0.3, 0.4) is 0 Å². The van der Waals surface area contributed by atoms with Crippen LogP contribution in [0.1, 0.15) is 43.1 Å². The number of aryl methyl sites for hydroxylation is 2. The second-order valence-electron chi connectivity index (χ2n) is 6.58. The highest BCUT2D eigenvalue weighted by Crippen LogP contribution is 2.17. The largest absolute Gasteiger partial charge is 0.435 e. The van der Waals surface area contributed by atoms with Crippen LogP contribution in [-0.4, -0.2) is 34.4 Å². The molecule has 1 aliphatic heterocycles. The molecule has 0 radical (unpaired) electrons. The summed E-state index contributed by atoms with van der Waals surface area (Å²) in [5.74, 6) is 0. The number of hydrogen-bond acceptors (Lipinski definition) is 3. The van der Waals surface area contributed by atoms with Gasteiger partial charge >= 0.3 is 6.09 Å². The van der Waals surface area contributed by atoms with Crippen LogP contribution in [-0.2, 0) is 4.84 Å². The number of oxime groups is 1. The highest BCUT2D eigenvalue weighted by Gasteiger charge is 2.18. The molecule has 0 aliphatic carbocycles. The Morgan fingerprint density at radius 2 is 1.56 bits per heavy atom. The average molecular weight is 339 g/mol. The van der Waals surface area contributed by atoms with Crippen LogP contribution in [0.4, 0.5) is 4.79 Å². The molecule has 5 nitrogen and oxygen atoms in total. The SMILES string of the molecule is C/C(=N/OC(=O)N1CCCCC1)c1ccc(-n2c(C)ccc2C)cc1. The lowest BCUT2D eigenvalue weighted by Crippen LogP contribution is -2.35. The first kappa shape index (κ1) is 17.3. The molecule has 0 atom stereocenters. The van der Waals surface area contributed by atoms with Gasteiger partial charge in [0.05, 0.1) is 5.71 Å². The molecule has 1 fully saturated rings. The van der Waals surface area contributed by atoms with Crippen molar-refractivity contribution in [2.45, 2.75) is 40.0 Å². The lowest BCUT2D eigenvalue weighted by Gasteiger charge is -2.24. The number of aromatic nitrogens is 1. The van der Waals surface area contributed by atoms with Gasteiger partial charge in [0.2, 0.25) is 0 Å². The minimum Gasteiger partial charge on any atom is -0.319 e. The molecule has 0 spiro atoms. The van der Waals surface area contributed by atoms with E-state index in [4.69, 9.17) is 4.84 Å². The van der Waals surface area contributed by atoms with Gasteiger partial charge in [-0.2, -0.15) is 0 Å². The minimum absolute atomic E-state index is 0.353. The summed E-state index contributed by atoms with van der Waals surface area (Å²) in [4.78, 5) is 18.8. The molecule has 1 saturated heterocycles. The van der Waals surface area contributed by atoms with E-state index in [1.54, 1.807) is 4.90 Å². The van der Waals surface area contributed by atoms with Crippen LogP contribution < -0.4 is 0 Å². The van der Waals surface area contributed by atoms with Gasteiger partial charge in [-0.25, -0.2) is 4.79 Å². The zero-order chi connectivity index (χ0) is 17.8. The number of nitrogens with zero attached hydrogens (tertiary/aromatic N) is 3. The molecule has 2 heterocycles. The molecule has 25 heavy (non-hydrogen) atoms. The van der Waals surface area contributed by atoms with Crippen LogP contribution >= 0.6 is 0 Å². The standard InChI is InChI=1S/C20H25N3O2/c1-15-7-8-16(2)23(15)19-11-9-18(10-12-19)17(3)21-25-20(24)22-13-5-4-6-14-22/h7-12H,4-6,13-14H2,1-3H3/b21-17-. The van der Waals surface area contributed by atoms with Gasteiger partial charge in [-0.1, -0.05) is 17.3 Å². The predicted octanol–water partition coefficient (Wildman–Crippen LogP) is 4.44. The van der Waals surface area contributed by atoms with Gasteiger partial charge in [0.1, 0.15) is 0 Å². The highest BCUT2D eigenvalue weighted by molar-refractivity contribution is 5.98. The van der Waals surface area contributed by atoms with Crippen LogP contribution in [0.15, 0.2) is 41.6 Å². The number of carbonyl (C=O) groups is 1. The third-order valence-electron chi connectivity index (χ3n) is 4.69. The Morgan fingerprint density at radius 3 is 2.16 bits per heavy atom. The molecular weight excluding hydrogens is 314 g/mol. The van der Waals surface area contributed by atoms with Crippen LogP contribution in [0, 0.1) is 13.8 Å².